The van der Waals surface area contributed by atoms with Gasteiger partial charge in [0.05, 0.1) is 36.0 Å². The van der Waals surface area contributed by atoms with E-state index in [2.05, 4.69) is 4.98 Å². The SMILES string of the molecule is CCC(O)(C(=O)[O-])c1cc2n(c(=O)c1CO)Cc1cc3ccccc3nc1-2.[Na+]. The number of carbonyl (C=O) groups excluding carboxylic acids is 1. The second kappa shape index (κ2) is 7.42. The Morgan fingerprint density at radius 1 is 1.32 bits per heavy atom. The number of benzene rings is 1. The molecule has 3 aromatic rings. The fourth-order valence-corrected chi connectivity index (χ4v) is 3.68. The number of pyridine rings is 2. The number of carbonyl (C=O) groups is 1. The molecule has 28 heavy (non-hydrogen) atoms. The standard InChI is InChI=1S/C20H18N2O5.Na/c1-2-20(27,19(25)26)14-8-16-17-12(9-22(16)18(24)13(14)10-23)7-11-5-3-4-6-15(11)21-17;/h3-8,23,27H,2,9-10H2,1H3,(H,25,26);/q;+1/p-1. The maximum Gasteiger partial charge on any atom is 1.00 e. The number of aliphatic hydroxyl groups excluding tert-OH is 1. The van der Waals surface area contributed by atoms with Gasteiger partial charge in [0.25, 0.3) is 5.56 Å². The third kappa shape index (κ3) is 2.91. The molecule has 0 radical (unpaired) electrons. The van der Waals surface area contributed by atoms with Crippen LogP contribution in [0.15, 0.2) is 41.2 Å². The van der Waals surface area contributed by atoms with Gasteiger partial charge < -0.3 is 24.7 Å². The minimum atomic E-state index is -2.37. The maximum absolute atomic E-state index is 12.9. The third-order valence-electron chi connectivity index (χ3n) is 5.23. The monoisotopic (exact) mass is 388 g/mol. The number of aliphatic hydroxyl groups is 2. The van der Waals surface area contributed by atoms with Crippen LogP contribution in [-0.2, 0) is 23.5 Å². The number of aromatic nitrogens is 2. The molecule has 2 aromatic heterocycles. The Morgan fingerprint density at radius 2 is 2.04 bits per heavy atom. The van der Waals surface area contributed by atoms with Gasteiger partial charge in [0.15, 0.2) is 0 Å². The van der Waals surface area contributed by atoms with Crippen LogP contribution in [0, 0.1) is 0 Å². The number of nitrogens with zero attached hydrogens (tertiary/aromatic N) is 2. The molecular weight excluding hydrogens is 371 g/mol. The summed E-state index contributed by atoms with van der Waals surface area (Å²) in [6.45, 7) is 1.06. The minimum Gasteiger partial charge on any atom is -0.547 e. The van der Waals surface area contributed by atoms with E-state index in [1.54, 1.807) is 0 Å². The molecule has 0 fully saturated rings. The van der Waals surface area contributed by atoms with Crippen LogP contribution in [0.2, 0.25) is 0 Å². The van der Waals surface area contributed by atoms with Crippen molar-refractivity contribution in [1.29, 1.82) is 0 Å². The van der Waals surface area contributed by atoms with Crippen LogP contribution in [-0.4, -0.2) is 25.7 Å². The molecule has 1 aliphatic rings. The average Bonchev–Trinajstić information content (AvgIpc) is 3.03. The van der Waals surface area contributed by atoms with E-state index in [0.29, 0.717) is 11.4 Å². The normalized spacial score (nSPS) is 14.1. The summed E-state index contributed by atoms with van der Waals surface area (Å²) in [5.41, 5.74) is -0.659. The molecule has 7 nitrogen and oxygen atoms in total. The van der Waals surface area contributed by atoms with Gasteiger partial charge in [-0.2, -0.15) is 0 Å². The van der Waals surface area contributed by atoms with Crippen LogP contribution in [0.3, 0.4) is 0 Å². The number of carboxylic acids is 1. The van der Waals surface area contributed by atoms with E-state index in [0.717, 1.165) is 16.5 Å². The molecule has 3 heterocycles. The van der Waals surface area contributed by atoms with Crippen LogP contribution in [0.1, 0.15) is 30.0 Å². The van der Waals surface area contributed by atoms with Gasteiger partial charge in [0.1, 0.15) is 5.60 Å². The zero-order valence-corrected chi connectivity index (χ0v) is 17.6. The van der Waals surface area contributed by atoms with E-state index >= 15 is 0 Å². The van der Waals surface area contributed by atoms with Gasteiger partial charge in [-0.3, -0.25) is 4.79 Å². The van der Waals surface area contributed by atoms with E-state index in [4.69, 9.17) is 0 Å². The molecule has 0 saturated heterocycles. The van der Waals surface area contributed by atoms with Gasteiger partial charge in [0, 0.05) is 22.1 Å². The summed E-state index contributed by atoms with van der Waals surface area (Å²) in [6.07, 6.45) is -0.205. The molecule has 0 saturated carbocycles. The second-order valence-corrected chi connectivity index (χ2v) is 6.66. The summed E-state index contributed by atoms with van der Waals surface area (Å²) in [7, 11) is 0. The quantitative estimate of drug-likeness (QED) is 0.367. The van der Waals surface area contributed by atoms with Gasteiger partial charge in [-0.25, -0.2) is 4.98 Å². The van der Waals surface area contributed by atoms with Crippen molar-refractivity contribution in [3.8, 4) is 11.4 Å². The van der Waals surface area contributed by atoms with Crippen LogP contribution >= 0.6 is 0 Å². The van der Waals surface area contributed by atoms with Gasteiger partial charge in [-0.05, 0) is 24.6 Å². The van der Waals surface area contributed by atoms with E-state index in [-0.39, 0.29) is 53.6 Å². The van der Waals surface area contributed by atoms with Crippen molar-refractivity contribution in [2.45, 2.75) is 32.1 Å². The van der Waals surface area contributed by atoms with Crippen LogP contribution in [0.5, 0.6) is 0 Å². The smallest absolute Gasteiger partial charge is 0.547 e. The Labute approximate surface area is 182 Å². The minimum absolute atomic E-state index is 0. The number of hydrogen-bond donors (Lipinski definition) is 2. The molecule has 1 aromatic carbocycles. The number of hydrogen-bond acceptors (Lipinski definition) is 6. The summed E-state index contributed by atoms with van der Waals surface area (Å²) < 4.78 is 1.44. The molecule has 1 aliphatic heterocycles. The largest absolute Gasteiger partial charge is 1.00 e. The Hall–Kier alpha value is -2.03. The van der Waals surface area contributed by atoms with E-state index < -0.39 is 23.7 Å². The first-order chi connectivity index (χ1) is 12.9. The number of rotatable bonds is 4. The summed E-state index contributed by atoms with van der Waals surface area (Å²) in [6, 6.07) is 10.9. The summed E-state index contributed by atoms with van der Waals surface area (Å²) in [5.74, 6) is -1.71. The summed E-state index contributed by atoms with van der Waals surface area (Å²) >= 11 is 0. The second-order valence-electron chi connectivity index (χ2n) is 6.66. The van der Waals surface area contributed by atoms with Crippen molar-refractivity contribution in [2.75, 3.05) is 0 Å². The fraction of sp³-hybridized carbons (Fsp3) is 0.250. The van der Waals surface area contributed by atoms with Crippen molar-refractivity contribution >= 4 is 16.9 Å². The predicted octanol–water partition coefficient (Wildman–Crippen LogP) is -2.73. The predicted molar refractivity (Wildman–Crippen MR) is 95.7 cm³/mol. The molecule has 0 aliphatic carbocycles. The van der Waals surface area contributed by atoms with Crippen LogP contribution in [0.4, 0.5) is 0 Å². The summed E-state index contributed by atoms with van der Waals surface area (Å²) in [5, 5.41) is 32.8. The topological polar surface area (TPSA) is 115 Å². The first kappa shape index (κ1) is 20.7. The van der Waals surface area contributed by atoms with Crippen LogP contribution < -0.4 is 40.2 Å². The first-order valence-corrected chi connectivity index (χ1v) is 8.61. The Kier molecular flexibility index (Phi) is 5.49. The van der Waals surface area contributed by atoms with Gasteiger partial charge in [-0.15, -0.1) is 0 Å². The third-order valence-corrected chi connectivity index (χ3v) is 5.23. The molecule has 1 unspecified atom stereocenters. The van der Waals surface area contributed by atoms with Crippen molar-refractivity contribution < 1.29 is 49.7 Å². The molecule has 0 spiro atoms. The first-order valence-electron chi connectivity index (χ1n) is 8.61. The van der Waals surface area contributed by atoms with Crippen molar-refractivity contribution in [3.05, 3.63) is 63.4 Å². The zero-order valence-electron chi connectivity index (χ0n) is 15.6. The van der Waals surface area contributed by atoms with Gasteiger partial charge in [-0.1, -0.05) is 25.1 Å². The Balaban J connectivity index is 0.00000225. The number of para-hydroxylation sites is 1. The number of fused-ring (bicyclic) bond motifs is 4. The number of carboxylic acid groups (broad SMARTS) is 1. The van der Waals surface area contributed by atoms with Crippen molar-refractivity contribution in [2.24, 2.45) is 0 Å². The van der Waals surface area contributed by atoms with Gasteiger partial charge in [0.2, 0.25) is 0 Å². The molecule has 138 valence electrons. The molecule has 0 amide bonds. The van der Waals surface area contributed by atoms with E-state index in [1.807, 2.05) is 30.3 Å². The Morgan fingerprint density at radius 3 is 2.68 bits per heavy atom. The molecular formula is C20H17N2NaO5. The zero-order chi connectivity index (χ0) is 19.3. The van der Waals surface area contributed by atoms with E-state index in [1.165, 1.54) is 17.6 Å². The van der Waals surface area contributed by atoms with E-state index in [9.17, 15) is 24.9 Å². The number of aliphatic carboxylic acids is 1. The van der Waals surface area contributed by atoms with Crippen molar-refractivity contribution in [1.82, 2.24) is 9.55 Å². The molecule has 0 bridgehead atoms. The molecule has 4 rings (SSSR count). The van der Waals surface area contributed by atoms with Crippen molar-refractivity contribution in [3.63, 3.8) is 0 Å². The van der Waals surface area contributed by atoms with Crippen LogP contribution in [0.25, 0.3) is 22.3 Å². The summed E-state index contributed by atoms with van der Waals surface area (Å²) in [4.78, 5) is 29.1. The maximum atomic E-state index is 12.9. The Bertz CT molecular complexity index is 1160. The molecule has 1 atom stereocenters. The molecule has 2 N–H and O–H groups in total. The van der Waals surface area contributed by atoms with Gasteiger partial charge >= 0.3 is 29.6 Å². The average molecular weight is 388 g/mol. The fourth-order valence-electron chi connectivity index (χ4n) is 3.68. The molecule has 8 heteroatoms.